The van der Waals surface area contributed by atoms with Gasteiger partial charge in [0, 0.05) is 0 Å². The van der Waals surface area contributed by atoms with Crippen molar-refractivity contribution in [2.24, 2.45) is 0 Å². The van der Waals surface area contributed by atoms with Gasteiger partial charge in [-0.1, -0.05) is 0 Å². The van der Waals surface area contributed by atoms with Crippen LogP contribution in [-0.2, 0) is 33.6 Å². The summed E-state index contributed by atoms with van der Waals surface area (Å²) in [5, 5.41) is 1.63. The molecule has 0 amide bonds. The van der Waals surface area contributed by atoms with Crippen LogP contribution in [0.2, 0.25) is 9.95 Å². The van der Waals surface area contributed by atoms with Gasteiger partial charge in [-0.3, -0.25) is 0 Å². The van der Waals surface area contributed by atoms with Crippen molar-refractivity contribution in [1.82, 2.24) is 0 Å². The van der Waals surface area contributed by atoms with Crippen LogP contribution in [0.4, 0.5) is 0 Å². The quantitative estimate of drug-likeness (QED) is 0.525. The third-order valence-electron chi connectivity index (χ3n) is 3.27. The minimum absolute atomic E-state index is 0.406. The molecule has 5 nitrogen and oxygen atoms in total. The Hall–Kier alpha value is -0.196. The zero-order chi connectivity index (χ0) is 12.9. The van der Waals surface area contributed by atoms with E-state index in [2.05, 4.69) is 6.58 Å². The van der Waals surface area contributed by atoms with Crippen LogP contribution >= 0.6 is 0 Å². The van der Waals surface area contributed by atoms with Crippen LogP contribution in [0.25, 0.3) is 0 Å². The Morgan fingerprint density at radius 3 is 1.94 bits per heavy atom. The summed E-state index contributed by atoms with van der Waals surface area (Å²) in [6, 6.07) is 0. The van der Waals surface area contributed by atoms with Crippen molar-refractivity contribution in [3.8, 4) is 0 Å². The van der Waals surface area contributed by atoms with Crippen LogP contribution in [0.5, 0.6) is 0 Å². The van der Waals surface area contributed by atoms with Gasteiger partial charge in [0.2, 0.25) is 0 Å². The fourth-order valence-corrected chi connectivity index (χ4v) is 7.12. The average molecular weight is 270 g/mol. The summed E-state index contributed by atoms with van der Waals surface area (Å²) in [6.07, 6.45) is 1.78. The zero-order valence-corrected chi connectivity index (χ0v) is 12.3. The molecule has 0 bridgehead atoms. The normalized spacial score (nSPS) is 16.1. The van der Waals surface area contributed by atoms with Gasteiger partial charge in [-0.05, 0) is 0 Å². The van der Waals surface area contributed by atoms with Crippen molar-refractivity contribution in [3.63, 3.8) is 0 Å². The molecule has 0 aromatic carbocycles. The van der Waals surface area contributed by atoms with Gasteiger partial charge in [0.05, 0.1) is 0 Å². The van der Waals surface area contributed by atoms with E-state index in [1.807, 2.05) is 6.92 Å². The summed E-state index contributed by atoms with van der Waals surface area (Å²) in [6.45, 7) is 5.30. The predicted octanol–water partition coefficient (Wildman–Crippen LogP) is 2.42. The van der Waals surface area contributed by atoms with E-state index in [9.17, 15) is 4.79 Å². The molecule has 0 aromatic rings. The Bertz CT molecular complexity index is 284. The molecule has 0 fully saturated rings. The van der Waals surface area contributed by atoms with Gasteiger partial charge >= 0.3 is 96.9 Å². The van der Waals surface area contributed by atoms with E-state index >= 15 is 0 Å². The van der Waals surface area contributed by atoms with Crippen LogP contribution < -0.4 is 0 Å². The Balaban J connectivity index is 5.61. The van der Waals surface area contributed by atoms with Crippen LogP contribution in [0.1, 0.15) is 13.3 Å². The first-order chi connectivity index (χ1) is 7.28. The summed E-state index contributed by atoms with van der Waals surface area (Å²) in [7, 11) is 4.30. The molecule has 0 rings (SSSR count). The molecule has 96 valence electrons. The third kappa shape index (κ3) is 2.55. The number of hydrogen-bond donors (Lipinski definition) is 0. The fourth-order valence-electron chi connectivity index (χ4n) is 1.73. The number of rotatable bonds is 7. The first kappa shape index (κ1) is 15.8. The van der Waals surface area contributed by atoms with E-state index < -0.39 is 21.5 Å². The first-order valence-electron chi connectivity index (χ1n) is 5.21. The summed E-state index contributed by atoms with van der Waals surface area (Å²) < 4.78 is 22.2. The van der Waals surface area contributed by atoms with Crippen molar-refractivity contribution in [2.45, 2.75) is 23.3 Å². The molecule has 0 saturated carbocycles. The van der Waals surface area contributed by atoms with E-state index in [4.69, 9.17) is 13.3 Å². The van der Waals surface area contributed by atoms with Gasteiger partial charge in [0.15, 0.2) is 0 Å². The molecular formula is C10H22O5Ti. The predicted molar refractivity (Wildman–Crippen MR) is 58.3 cm³/mol. The molecule has 16 heavy (non-hydrogen) atoms. The summed E-state index contributed by atoms with van der Waals surface area (Å²) in [5.74, 6) is -0.605. The first-order valence-corrected chi connectivity index (χ1v) is 10.4. The van der Waals surface area contributed by atoms with Gasteiger partial charge < -0.3 is 0 Å². The Morgan fingerprint density at radius 1 is 1.25 bits per heavy atom. The van der Waals surface area contributed by atoms with Gasteiger partial charge in [0.25, 0.3) is 0 Å². The van der Waals surface area contributed by atoms with Gasteiger partial charge in [0.1, 0.15) is 0 Å². The Kier molecular flexibility index (Phi) is 4.53. The van der Waals surface area contributed by atoms with Crippen LogP contribution in [0, 0.1) is 0 Å². The van der Waals surface area contributed by atoms with E-state index in [0.717, 1.165) is 6.08 Å². The monoisotopic (exact) mass is 270 g/mol. The molecule has 0 unspecified atom stereocenters. The van der Waals surface area contributed by atoms with Crippen molar-refractivity contribution < 1.29 is 33.6 Å². The van der Waals surface area contributed by atoms with Crippen molar-refractivity contribution in [1.29, 1.82) is 0 Å². The second-order valence-corrected chi connectivity index (χ2v) is 14.3. The van der Waals surface area contributed by atoms with Crippen LogP contribution in [0.15, 0.2) is 12.7 Å². The molecule has 0 N–H and O–H groups in total. The minimum atomic E-state index is -5.11. The molecular weight excluding hydrogens is 248 g/mol. The van der Waals surface area contributed by atoms with Crippen molar-refractivity contribution >= 4 is 5.97 Å². The second kappa shape index (κ2) is 4.59. The summed E-state index contributed by atoms with van der Waals surface area (Å²) in [5.41, 5.74) is 0. The summed E-state index contributed by atoms with van der Waals surface area (Å²) in [4.78, 5) is 11.5. The topological polar surface area (TPSA) is 54.0 Å². The Labute approximate surface area is 97.0 Å². The maximum atomic E-state index is 11.5. The zero-order valence-electron chi connectivity index (χ0n) is 10.7. The van der Waals surface area contributed by atoms with Crippen molar-refractivity contribution in [2.75, 3.05) is 21.3 Å². The average Bonchev–Trinajstić information content (AvgIpc) is 2.30. The van der Waals surface area contributed by atoms with E-state index in [1.54, 1.807) is 5.23 Å². The number of hydrogen-bond acceptors (Lipinski definition) is 5. The Morgan fingerprint density at radius 2 is 1.69 bits per heavy atom. The molecule has 0 heterocycles. The second-order valence-electron chi connectivity index (χ2n) is 4.23. The molecule has 0 aliphatic rings. The van der Waals surface area contributed by atoms with E-state index in [0.29, 0.717) is 11.1 Å². The van der Waals surface area contributed by atoms with Crippen molar-refractivity contribution in [3.05, 3.63) is 12.7 Å². The number of carbonyl (C=O) groups excluding carboxylic acids is 1. The number of carbonyl (C=O) groups is 1. The van der Waals surface area contributed by atoms with E-state index in [-0.39, 0.29) is 0 Å². The van der Waals surface area contributed by atoms with Gasteiger partial charge in [-0.25, -0.2) is 0 Å². The molecule has 0 radical (unpaired) electrons. The van der Waals surface area contributed by atoms with Crippen LogP contribution in [0.3, 0.4) is 0 Å². The summed E-state index contributed by atoms with van der Waals surface area (Å²) >= 11 is -5.11. The van der Waals surface area contributed by atoms with Gasteiger partial charge in [-0.2, -0.15) is 0 Å². The molecule has 0 saturated heterocycles. The SMILES string of the molecule is C=CC(=O)[O][Ti]([CH3])([CH2]CC)([O]C)([O]C)[O]C. The third-order valence-corrected chi connectivity index (χ3v) is 13.0. The molecule has 6 heteroatoms. The molecule has 0 aliphatic carbocycles. The molecule has 0 aromatic heterocycles. The molecule has 0 spiro atoms. The molecule has 0 atom stereocenters. The van der Waals surface area contributed by atoms with Crippen LogP contribution in [-0.4, -0.2) is 27.3 Å². The maximum absolute atomic E-state index is 11.5. The van der Waals surface area contributed by atoms with E-state index in [1.165, 1.54) is 21.3 Å². The van der Waals surface area contributed by atoms with Gasteiger partial charge in [-0.15, -0.1) is 0 Å². The molecule has 0 aliphatic heterocycles. The fraction of sp³-hybridized carbons (Fsp3) is 0.700. The standard InChI is InChI=1S/C3H4O2.C3H7.3CH3O.CH3.Ti/c1-2-3(4)5;1-3-2;3*1-2;;/h2H,1H2,(H,4,5);1,3H2,2H3;3*1H3;1H3;/q;;3*-1;;+4/p-1.